The van der Waals surface area contributed by atoms with Gasteiger partial charge in [-0.3, -0.25) is 4.79 Å². The summed E-state index contributed by atoms with van der Waals surface area (Å²) in [6.45, 7) is 3.36. The number of nitrogens with one attached hydrogen (secondary N) is 1. The molecule has 100 valence electrons. The van der Waals surface area contributed by atoms with Gasteiger partial charge in [-0.05, 0) is 51.2 Å². The number of nitrogens with two attached hydrogens (primary N) is 1. The molecule has 3 N–H and O–H groups in total. The number of anilines is 1. The van der Waals surface area contributed by atoms with E-state index in [1.165, 1.54) is 0 Å². The summed E-state index contributed by atoms with van der Waals surface area (Å²) in [5, 5.41) is 12.2. The van der Waals surface area contributed by atoms with Gasteiger partial charge in [0.2, 0.25) is 5.91 Å². The first-order chi connectivity index (χ1) is 8.94. The van der Waals surface area contributed by atoms with Gasteiger partial charge in [-0.15, -0.1) is 0 Å². The smallest absolute Gasteiger partial charge is 0.242 e. The molecule has 19 heavy (non-hydrogen) atoms. The van der Waals surface area contributed by atoms with Crippen LogP contribution < -0.4 is 11.1 Å². The molecule has 0 unspecified atom stereocenters. The van der Waals surface area contributed by atoms with Crippen LogP contribution in [0.3, 0.4) is 0 Å². The standard InChI is InChI=1S/C14H18N4O/c1-14(2,13(16)19)18-12-10(8-15)7-9-5-3-4-6-11(9)17-12/h7H,3-6H2,1-2H3,(H2,16,19)(H,17,18). The molecule has 2 rings (SSSR count). The van der Waals surface area contributed by atoms with Crippen molar-refractivity contribution in [3.63, 3.8) is 0 Å². The number of amides is 1. The Morgan fingerprint density at radius 1 is 1.47 bits per heavy atom. The van der Waals surface area contributed by atoms with Crippen LogP contribution in [-0.2, 0) is 17.6 Å². The molecule has 0 atom stereocenters. The van der Waals surface area contributed by atoms with Gasteiger partial charge in [-0.25, -0.2) is 4.98 Å². The fourth-order valence-electron chi connectivity index (χ4n) is 2.17. The zero-order valence-electron chi connectivity index (χ0n) is 11.3. The molecular formula is C14H18N4O. The number of carbonyl (C=O) groups excluding carboxylic acids is 1. The van der Waals surface area contributed by atoms with Crippen molar-refractivity contribution < 1.29 is 4.79 Å². The third kappa shape index (κ3) is 2.68. The highest BCUT2D eigenvalue weighted by molar-refractivity contribution is 5.87. The first-order valence-electron chi connectivity index (χ1n) is 6.45. The maximum Gasteiger partial charge on any atom is 0.242 e. The van der Waals surface area contributed by atoms with Crippen LogP contribution in [0.15, 0.2) is 6.07 Å². The maximum atomic E-state index is 11.4. The van der Waals surface area contributed by atoms with Crippen molar-refractivity contribution in [3.8, 4) is 6.07 Å². The minimum atomic E-state index is -0.929. The molecule has 1 aromatic rings. The monoisotopic (exact) mass is 258 g/mol. The summed E-state index contributed by atoms with van der Waals surface area (Å²) in [5.41, 5.74) is 7.04. The highest BCUT2D eigenvalue weighted by Gasteiger charge is 2.27. The fraction of sp³-hybridized carbons (Fsp3) is 0.500. The number of carbonyl (C=O) groups is 1. The van der Waals surface area contributed by atoms with E-state index < -0.39 is 11.4 Å². The molecule has 5 heteroatoms. The summed E-state index contributed by atoms with van der Waals surface area (Å²) in [5.74, 6) is -0.0251. The van der Waals surface area contributed by atoms with Crippen molar-refractivity contribution in [3.05, 3.63) is 22.9 Å². The van der Waals surface area contributed by atoms with E-state index in [4.69, 9.17) is 5.73 Å². The first kappa shape index (κ1) is 13.3. The Bertz CT molecular complexity index is 557. The molecule has 0 bridgehead atoms. The van der Waals surface area contributed by atoms with Crippen LogP contribution in [0.2, 0.25) is 0 Å². The van der Waals surface area contributed by atoms with E-state index in [9.17, 15) is 10.1 Å². The highest BCUT2D eigenvalue weighted by atomic mass is 16.1. The van der Waals surface area contributed by atoms with E-state index in [0.717, 1.165) is 36.9 Å². The van der Waals surface area contributed by atoms with Gasteiger partial charge in [-0.1, -0.05) is 0 Å². The van der Waals surface area contributed by atoms with E-state index in [0.29, 0.717) is 11.4 Å². The van der Waals surface area contributed by atoms with Crippen LogP contribution in [-0.4, -0.2) is 16.4 Å². The Labute approximate surface area is 112 Å². The zero-order chi connectivity index (χ0) is 14.0. The molecule has 1 aliphatic rings. The lowest BCUT2D eigenvalue weighted by atomic mass is 9.94. The number of fused-ring (bicyclic) bond motifs is 1. The van der Waals surface area contributed by atoms with Crippen molar-refractivity contribution in [1.82, 2.24) is 4.98 Å². The van der Waals surface area contributed by atoms with Gasteiger partial charge in [0.05, 0.1) is 5.56 Å². The van der Waals surface area contributed by atoms with Gasteiger partial charge < -0.3 is 11.1 Å². The largest absolute Gasteiger partial charge is 0.368 e. The molecule has 1 amide bonds. The van der Waals surface area contributed by atoms with E-state index in [-0.39, 0.29) is 0 Å². The Morgan fingerprint density at radius 3 is 2.79 bits per heavy atom. The van der Waals surface area contributed by atoms with Crippen molar-refractivity contribution in [2.24, 2.45) is 5.73 Å². The second-order valence-electron chi connectivity index (χ2n) is 5.42. The van der Waals surface area contributed by atoms with Gasteiger partial charge in [0.1, 0.15) is 17.4 Å². The Hall–Kier alpha value is -2.09. The Kier molecular flexibility index (Phi) is 3.43. The van der Waals surface area contributed by atoms with Crippen LogP contribution >= 0.6 is 0 Å². The second-order valence-corrected chi connectivity index (χ2v) is 5.42. The van der Waals surface area contributed by atoms with E-state index >= 15 is 0 Å². The zero-order valence-corrected chi connectivity index (χ0v) is 11.3. The summed E-state index contributed by atoms with van der Waals surface area (Å²) >= 11 is 0. The molecule has 1 aromatic heterocycles. The summed E-state index contributed by atoms with van der Waals surface area (Å²) < 4.78 is 0. The van der Waals surface area contributed by atoms with Gasteiger partial charge in [0, 0.05) is 5.69 Å². The number of nitrogens with zero attached hydrogens (tertiary/aromatic N) is 2. The average Bonchev–Trinajstić information content (AvgIpc) is 2.37. The molecule has 0 aliphatic heterocycles. The number of aromatic nitrogens is 1. The number of hydrogen-bond donors (Lipinski definition) is 2. The number of aryl methyl sites for hydroxylation is 2. The van der Waals surface area contributed by atoms with Gasteiger partial charge in [-0.2, -0.15) is 5.26 Å². The predicted octanol–water partition coefficient (Wildman–Crippen LogP) is 1.51. The fourth-order valence-corrected chi connectivity index (χ4v) is 2.17. The molecule has 0 spiro atoms. The Morgan fingerprint density at radius 2 is 2.16 bits per heavy atom. The maximum absolute atomic E-state index is 11.4. The van der Waals surface area contributed by atoms with Crippen LogP contribution in [0, 0.1) is 11.3 Å². The topological polar surface area (TPSA) is 91.8 Å². The van der Waals surface area contributed by atoms with Gasteiger partial charge in [0.25, 0.3) is 0 Å². The van der Waals surface area contributed by atoms with Crippen LogP contribution in [0.25, 0.3) is 0 Å². The van der Waals surface area contributed by atoms with E-state index in [1.54, 1.807) is 13.8 Å². The third-order valence-electron chi connectivity index (χ3n) is 3.47. The molecule has 1 aliphatic carbocycles. The molecule has 5 nitrogen and oxygen atoms in total. The van der Waals surface area contributed by atoms with Gasteiger partial charge >= 0.3 is 0 Å². The first-order valence-corrected chi connectivity index (χ1v) is 6.45. The molecule has 0 radical (unpaired) electrons. The van der Waals surface area contributed by atoms with Gasteiger partial charge in [0.15, 0.2) is 0 Å². The lowest BCUT2D eigenvalue weighted by molar-refractivity contribution is -0.121. The normalized spacial score (nSPS) is 14.4. The minimum Gasteiger partial charge on any atom is -0.368 e. The quantitative estimate of drug-likeness (QED) is 0.859. The highest BCUT2D eigenvalue weighted by Crippen LogP contribution is 2.25. The lowest BCUT2D eigenvalue weighted by Crippen LogP contribution is -2.45. The third-order valence-corrected chi connectivity index (χ3v) is 3.47. The van der Waals surface area contributed by atoms with Crippen LogP contribution in [0.5, 0.6) is 0 Å². The van der Waals surface area contributed by atoms with Crippen molar-refractivity contribution in [2.75, 3.05) is 5.32 Å². The summed E-state index contributed by atoms with van der Waals surface area (Å²) in [7, 11) is 0. The van der Waals surface area contributed by atoms with Crippen molar-refractivity contribution in [2.45, 2.75) is 45.1 Å². The summed E-state index contributed by atoms with van der Waals surface area (Å²) in [4.78, 5) is 15.9. The lowest BCUT2D eigenvalue weighted by Gasteiger charge is -2.25. The number of primary amides is 1. The molecule has 0 aromatic carbocycles. The molecule has 0 saturated carbocycles. The molecular weight excluding hydrogens is 240 g/mol. The Balaban J connectivity index is 2.40. The van der Waals surface area contributed by atoms with Crippen molar-refractivity contribution >= 4 is 11.7 Å². The summed E-state index contributed by atoms with van der Waals surface area (Å²) in [6, 6.07) is 4.01. The number of hydrogen-bond acceptors (Lipinski definition) is 4. The number of nitriles is 1. The molecule has 1 heterocycles. The number of pyridine rings is 1. The summed E-state index contributed by atoms with van der Waals surface area (Å²) in [6.07, 6.45) is 4.15. The van der Waals surface area contributed by atoms with Crippen LogP contribution in [0.4, 0.5) is 5.82 Å². The van der Waals surface area contributed by atoms with E-state index in [2.05, 4.69) is 16.4 Å². The minimum absolute atomic E-state index is 0.451. The predicted molar refractivity (Wildman–Crippen MR) is 72.5 cm³/mol. The number of rotatable bonds is 3. The van der Waals surface area contributed by atoms with Crippen molar-refractivity contribution in [1.29, 1.82) is 5.26 Å². The van der Waals surface area contributed by atoms with Crippen LogP contribution in [0.1, 0.15) is 43.5 Å². The second kappa shape index (κ2) is 4.88. The van der Waals surface area contributed by atoms with E-state index in [1.807, 2.05) is 6.07 Å². The molecule has 0 saturated heterocycles. The molecule has 0 fully saturated rings. The SMILES string of the molecule is CC(C)(Nc1nc2c(cc1C#N)CCCC2)C(N)=O. The average molecular weight is 258 g/mol.